The van der Waals surface area contributed by atoms with Crippen LogP contribution in [0.1, 0.15) is 59.3 Å². The first-order valence-electron chi connectivity index (χ1n) is 10.7. The monoisotopic (exact) mass is 397 g/mol. The topological polar surface area (TPSA) is 49.3 Å². The van der Waals surface area contributed by atoms with Gasteiger partial charge in [-0.3, -0.25) is 4.79 Å². The van der Waals surface area contributed by atoms with E-state index in [0.717, 1.165) is 25.7 Å². The number of nitrogens with one attached hydrogen (secondary N) is 1. The van der Waals surface area contributed by atoms with Crippen molar-refractivity contribution in [1.29, 1.82) is 0 Å². The van der Waals surface area contributed by atoms with Gasteiger partial charge in [0.15, 0.2) is 0 Å². The van der Waals surface area contributed by atoms with Crippen molar-refractivity contribution in [2.45, 2.75) is 64.9 Å². The number of rotatable bonds is 15. The van der Waals surface area contributed by atoms with Crippen LogP contribution in [0.2, 0.25) is 0 Å². The zero-order valence-corrected chi connectivity index (χ0v) is 18.4. The molecule has 2 N–H and O–H groups in total. The molecule has 0 heterocycles. The summed E-state index contributed by atoms with van der Waals surface area (Å²) in [6.07, 6.45) is 32.5. The van der Waals surface area contributed by atoms with Gasteiger partial charge in [0.1, 0.15) is 0 Å². The van der Waals surface area contributed by atoms with Crippen LogP contribution in [0.15, 0.2) is 85.1 Å². The summed E-state index contributed by atoms with van der Waals surface area (Å²) in [6, 6.07) is 0. The third-order valence-electron chi connectivity index (χ3n) is 4.35. The van der Waals surface area contributed by atoms with Crippen molar-refractivity contribution in [3.63, 3.8) is 0 Å². The summed E-state index contributed by atoms with van der Waals surface area (Å²) < 4.78 is 0. The molecule has 0 rings (SSSR count). The van der Waals surface area contributed by atoms with Crippen LogP contribution in [-0.2, 0) is 4.79 Å². The maximum absolute atomic E-state index is 11.8. The number of carbonyl (C=O) groups excluding carboxylic acids is 1. The maximum atomic E-state index is 11.8. The Kier molecular flexibility index (Phi) is 17.4. The second-order valence-corrected chi connectivity index (χ2v) is 6.87. The van der Waals surface area contributed by atoms with Crippen LogP contribution in [0.3, 0.4) is 0 Å². The molecule has 0 radical (unpaired) electrons. The molecule has 0 fully saturated rings. The van der Waals surface area contributed by atoms with Crippen LogP contribution in [0.25, 0.3) is 0 Å². The van der Waals surface area contributed by atoms with Gasteiger partial charge in [-0.1, -0.05) is 106 Å². The first-order chi connectivity index (χ1) is 14.1. The molecule has 0 bridgehead atoms. The Morgan fingerprint density at radius 3 is 1.97 bits per heavy atom. The number of hydrogen-bond donors (Lipinski definition) is 2. The highest BCUT2D eigenvalue weighted by molar-refractivity contribution is 5.87. The van der Waals surface area contributed by atoms with E-state index in [1.807, 2.05) is 74.6 Å². The number of carbonyl (C=O) groups is 1. The molecule has 0 aliphatic rings. The Balaban J connectivity index is 3.99. The molecule has 160 valence electrons. The van der Waals surface area contributed by atoms with E-state index < -0.39 is 5.60 Å². The highest BCUT2D eigenvalue weighted by Crippen LogP contribution is 2.17. The zero-order chi connectivity index (χ0) is 21.6. The molecule has 0 spiro atoms. The van der Waals surface area contributed by atoms with Gasteiger partial charge >= 0.3 is 0 Å². The number of aliphatic hydroxyl groups is 1. The van der Waals surface area contributed by atoms with Gasteiger partial charge in [-0.05, 0) is 32.6 Å². The Morgan fingerprint density at radius 1 is 0.862 bits per heavy atom. The van der Waals surface area contributed by atoms with E-state index in [1.54, 1.807) is 6.08 Å². The predicted molar refractivity (Wildman–Crippen MR) is 127 cm³/mol. The molecule has 29 heavy (non-hydrogen) atoms. The Hall–Kier alpha value is -2.39. The lowest BCUT2D eigenvalue weighted by molar-refractivity contribution is -0.117. The van der Waals surface area contributed by atoms with Gasteiger partial charge in [-0.2, -0.15) is 0 Å². The molecule has 1 unspecified atom stereocenters. The van der Waals surface area contributed by atoms with Crippen molar-refractivity contribution < 1.29 is 9.90 Å². The van der Waals surface area contributed by atoms with Crippen LogP contribution < -0.4 is 5.32 Å². The maximum Gasteiger partial charge on any atom is 0.244 e. The van der Waals surface area contributed by atoms with Gasteiger partial charge in [0, 0.05) is 12.6 Å². The molecule has 3 heteroatoms. The summed E-state index contributed by atoms with van der Waals surface area (Å²) in [5, 5.41) is 13.2. The van der Waals surface area contributed by atoms with E-state index in [9.17, 15) is 9.90 Å². The Bertz CT molecular complexity index is 621. The second kappa shape index (κ2) is 18.9. The van der Waals surface area contributed by atoms with Crippen molar-refractivity contribution in [3.05, 3.63) is 85.1 Å². The summed E-state index contributed by atoms with van der Waals surface area (Å²) >= 11 is 0. The van der Waals surface area contributed by atoms with Crippen LogP contribution in [0.5, 0.6) is 0 Å². The molecule has 1 amide bonds. The van der Waals surface area contributed by atoms with Crippen LogP contribution >= 0.6 is 0 Å². The standard InChI is InChI=1S/C26H39NO2/c1-4-7-9-10-11-12-13-14-15-16-17-18-19-20-21-22-25(28)27-24-26(29,6-3)23-8-5-2/h4,7,9-14,17-22,29H,5-6,8,15-16,23-24H2,1-3H3,(H,27,28). The molecule has 0 saturated carbocycles. The first kappa shape index (κ1) is 26.6. The van der Waals surface area contributed by atoms with Crippen molar-refractivity contribution in [2.24, 2.45) is 0 Å². The number of amides is 1. The highest BCUT2D eigenvalue weighted by Gasteiger charge is 2.23. The summed E-state index contributed by atoms with van der Waals surface area (Å²) in [4.78, 5) is 11.8. The third kappa shape index (κ3) is 17.4. The van der Waals surface area contributed by atoms with Gasteiger partial charge in [0.25, 0.3) is 0 Å². The quantitative estimate of drug-likeness (QED) is 0.198. The fourth-order valence-electron chi connectivity index (χ4n) is 2.39. The first-order valence-corrected chi connectivity index (χ1v) is 10.7. The summed E-state index contributed by atoms with van der Waals surface area (Å²) in [6.45, 7) is 6.33. The van der Waals surface area contributed by atoms with E-state index in [0.29, 0.717) is 19.4 Å². The van der Waals surface area contributed by atoms with Gasteiger partial charge in [-0.25, -0.2) is 0 Å². The highest BCUT2D eigenvalue weighted by atomic mass is 16.3. The molecule has 0 aliphatic heterocycles. The molecule has 1 atom stereocenters. The van der Waals surface area contributed by atoms with Crippen molar-refractivity contribution in [1.82, 2.24) is 5.32 Å². The Labute approximate surface area is 178 Å². The molecule has 0 saturated heterocycles. The summed E-state index contributed by atoms with van der Waals surface area (Å²) in [5.74, 6) is -0.180. The van der Waals surface area contributed by atoms with Gasteiger partial charge < -0.3 is 10.4 Å². The minimum atomic E-state index is -0.800. The van der Waals surface area contributed by atoms with Crippen molar-refractivity contribution in [2.75, 3.05) is 6.54 Å². The molecule has 0 aromatic heterocycles. The smallest absolute Gasteiger partial charge is 0.244 e. The third-order valence-corrected chi connectivity index (χ3v) is 4.35. The summed E-state index contributed by atoms with van der Waals surface area (Å²) in [5.41, 5.74) is -0.800. The molecule has 0 aromatic carbocycles. The van der Waals surface area contributed by atoms with Crippen molar-refractivity contribution >= 4 is 5.91 Å². The van der Waals surface area contributed by atoms with E-state index in [1.165, 1.54) is 6.08 Å². The van der Waals surface area contributed by atoms with Crippen molar-refractivity contribution in [3.8, 4) is 0 Å². The molecular weight excluding hydrogens is 358 g/mol. The average Bonchev–Trinajstić information content (AvgIpc) is 2.73. The number of hydrogen-bond acceptors (Lipinski definition) is 2. The second-order valence-electron chi connectivity index (χ2n) is 6.87. The van der Waals surface area contributed by atoms with Gasteiger partial charge in [0.05, 0.1) is 5.60 Å². The molecular formula is C26H39NO2. The lowest BCUT2D eigenvalue weighted by atomic mass is 9.94. The number of unbranched alkanes of at least 4 members (excludes halogenated alkanes) is 2. The molecule has 0 aromatic rings. The largest absolute Gasteiger partial charge is 0.388 e. The van der Waals surface area contributed by atoms with Gasteiger partial charge in [-0.15, -0.1) is 0 Å². The van der Waals surface area contributed by atoms with Crippen LogP contribution in [0, 0.1) is 0 Å². The lowest BCUT2D eigenvalue weighted by Gasteiger charge is -2.26. The lowest BCUT2D eigenvalue weighted by Crippen LogP contribution is -2.42. The molecule has 0 aliphatic carbocycles. The minimum Gasteiger partial charge on any atom is -0.388 e. The van der Waals surface area contributed by atoms with E-state index in [2.05, 4.69) is 24.4 Å². The summed E-state index contributed by atoms with van der Waals surface area (Å²) in [7, 11) is 0. The minimum absolute atomic E-state index is 0.180. The fourth-order valence-corrected chi connectivity index (χ4v) is 2.39. The SMILES string of the molecule is CC=CC=CC=CC=CCCC=CC=CC=CC(=O)NCC(O)(CC)CCCC. The van der Waals surface area contributed by atoms with Gasteiger partial charge in [0.2, 0.25) is 5.91 Å². The molecule has 3 nitrogen and oxygen atoms in total. The average molecular weight is 398 g/mol. The van der Waals surface area contributed by atoms with E-state index in [4.69, 9.17) is 0 Å². The van der Waals surface area contributed by atoms with Crippen LogP contribution in [-0.4, -0.2) is 23.2 Å². The Morgan fingerprint density at radius 2 is 1.41 bits per heavy atom. The normalized spacial score (nSPS) is 15.3. The van der Waals surface area contributed by atoms with E-state index >= 15 is 0 Å². The predicted octanol–water partition coefficient (Wildman–Crippen LogP) is 6.13. The fraction of sp³-hybridized carbons (Fsp3) is 0.423. The van der Waals surface area contributed by atoms with Crippen LogP contribution in [0.4, 0.5) is 0 Å². The van der Waals surface area contributed by atoms with E-state index in [-0.39, 0.29) is 5.91 Å². The zero-order valence-electron chi connectivity index (χ0n) is 18.4. The number of allylic oxidation sites excluding steroid dienone is 13.